The molecule has 3 aliphatic rings. The summed E-state index contributed by atoms with van der Waals surface area (Å²) in [6.07, 6.45) is 4.86. The van der Waals surface area contributed by atoms with Gasteiger partial charge in [0.25, 0.3) is 0 Å². The van der Waals surface area contributed by atoms with Gasteiger partial charge >= 0.3 is 0 Å². The quantitative estimate of drug-likeness (QED) is 0.182. The van der Waals surface area contributed by atoms with Crippen molar-refractivity contribution in [3.8, 4) is 5.75 Å². The molecule has 5 heteroatoms. The minimum absolute atomic E-state index is 0.118. The molecule has 0 N–H and O–H groups in total. The number of carbonyl (C=O) groups is 3. The van der Waals surface area contributed by atoms with Crippen molar-refractivity contribution in [3.63, 3.8) is 0 Å². The highest BCUT2D eigenvalue weighted by molar-refractivity contribution is 6.32. The summed E-state index contributed by atoms with van der Waals surface area (Å²) in [5.74, 6) is -0.253. The number of para-hydroxylation sites is 1. The van der Waals surface area contributed by atoms with Gasteiger partial charge < -0.3 is 9.64 Å². The van der Waals surface area contributed by atoms with Crippen LogP contribution in [0.5, 0.6) is 5.75 Å². The number of fused-ring (bicyclic) bond motifs is 5. The summed E-state index contributed by atoms with van der Waals surface area (Å²) in [6.45, 7) is 4.34. The average Bonchev–Trinajstić information content (AvgIpc) is 3.47. The lowest BCUT2D eigenvalue weighted by atomic mass is 9.64. The van der Waals surface area contributed by atoms with Gasteiger partial charge in [-0.1, -0.05) is 105 Å². The topological polar surface area (TPSA) is 63.7 Å². The molecule has 0 bridgehead atoms. The SMILES string of the molecule is COc1cccc([C@H]2[C@@H](C(=O)c3ccc(CC(C)C)cc3)N3c4ccccc4C=C[C@@H]3C23C(=O)c2ccccc2C3=O)c1. The van der Waals surface area contributed by atoms with Crippen LogP contribution in [0.3, 0.4) is 0 Å². The van der Waals surface area contributed by atoms with E-state index in [0.717, 1.165) is 23.2 Å². The van der Waals surface area contributed by atoms with E-state index in [-0.39, 0.29) is 17.3 Å². The Hall–Kier alpha value is -4.77. The van der Waals surface area contributed by atoms with Crippen LogP contribution in [0.1, 0.15) is 67.5 Å². The number of benzene rings is 4. The largest absolute Gasteiger partial charge is 0.497 e. The van der Waals surface area contributed by atoms with Gasteiger partial charge in [-0.3, -0.25) is 14.4 Å². The van der Waals surface area contributed by atoms with Gasteiger partial charge in [0, 0.05) is 28.3 Å². The van der Waals surface area contributed by atoms with Crippen molar-refractivity contribution in [1.29, 1.82) is 0 Å². The van der Waals surface area contributed by atoms with Crippen LogP contribution in [0.4, 0.5) is 5.69 Å². The highest BCUT2D eigenvalue weighted by Gasteiger charge is 2.71. The number of ether oxygens (including phenoxy) is 1. The van der Waals surface area contributed by atoms with Gasteiger partial charge in [0.2, 0.25) is 0 Å². The third-order valence-electron chi connectivity index (χ3n) is 9.32. The molecule has 2 heterocycles. The summed E-state index contributed by atoms with van der Waals surface area (Å²) in [5.41, 5.74) is 3.54. The summed E-state index contributed by atoms with van der Waals surface area (Å²) in [7, 11) is 1.59. The lowest BCUT2D eigenvalue weighted by Gasteiger charge is -2.37. The number of carbonyl (C=O) groups excluding carboxylic acids is 3. The molecule has 7 rings (SSSR count). The summed E-state index contributed by atoms with van der Waals surface area (Å²) in [6, 6.07) is 28.8. The fourth-order valence-electron chi connectivity index (χ4n) is 7.57. The molecule has 4 aromatic rings. The Morgan fingerprint density at radius 1 is 0.860 bits per heavy atom. The van der Waals surface area contributed by atoms with Gasteiger partial charge in [-0.15, -0.1) is 0 Å². The maximum atomic E-state index is 14.9. The number of hydrogen-bond acceptors (Lipinski definition) is 5. The zero-order chi connectivity index (χ0) is 29.9. The molecule has 4 aromatic carbocycles. The van der Waals surface area contributed by atoms with E-state index in [0.29, 0.717) is 28.4 Å². The maximum Gasteiger partial charge on any atom is 0.185 e. The zero-order valence-corrected chi connectivity index (χ0v) is 24.5. The number of ketones is 3. The van der Waals surface area contributed by atoms with Crippen LogP contribution in [0, 0.1) is 11.3 Å². The van der Waals surface area contributed by atoms with E-state index in [1.807, 2.05) is 89.8 Å². The van der Waals surface area contributed by atoms with Crippen molar-refractivity contribution < 1.29 is 19.1 Å². The van der Waals surface area contributed by atoms with Crippen molar-refractivity contribution in [3.05, 3.63) is 137 Å². The molecule has 0 unspecified atom stereocenters. The smallest absolute Gasteiger partial charge is 0.185 e. The van der Waals surface area contributed by atoms with Gasteiger partial charge in [0.1, 0.15) is 17.2 Å². The van der Waals surface area contributed by atoms with Crippen LogP contribution in [0.25, 0.3) is 6.08 Å². The van der Waals surface area contributed by atoms with E-state index >= 15 is 0 Å². The predicted molar refractivity (Wildman–Crippen MR) is 168 cm³/mol. The van der Waals surface area contributed by atoms with Crippen LogP contribution >= 0.6 is 0 Å². The molecule has 0 saturated carbocycles. The van der Waals surface area contributed by atoms with E-state index in [4.69, 9.17) is 4.74 Å². The Morgan fingerprint density at radius 2 is 1.53 bits per heavy atom. The first kappa shape index (κ1) is 27.1. The Kier molecular flexibility index (Phi) is 6.42. The summed E-state index contributed by atoms with van der Waals surface area (Å²) < 4.78 is 5.60. The molecule has 214 valence electrons. The van der Waals surface area contributed by atoms with Crippen molar-refractivity contribution in [2.45, 2.75) is 38.3 Å². The first-order chi connectivity index (χ1) is 20.9. The van der Waals surface area contributed by atoms with E-state index in [1.54, 1.807) is 31.4 Å². The fraction of sp³-hybridized carbons (Fsp3) is 0.237. The van der Waals surface area contributed by atoms with E-state index < -0.39 is 23.4 Å². The molecule has 5 nitrogen and oxygen atoms in total. The van der Waals surface area contributed by atoms with Crippen LogP contribution in [-0.2, 0) is 6.42 Å². The first-order valence-corrected chi connectivity index (χ1v) is 14.9. The average molecular weight is 568 g/mol. The predicted octanol–water partition coefficient (Wildman–Crippen LogP) is 7.21. The number of rotatable bonds is 6. The molecular formula is C38H33NO4. The zero-order valence-electron chi connectivity index (χ0n) is 24.5. The number of anilines is 1. The van der Waals surface area contributed by atoms with Crippen LogP contribution in [0.2, 0.25) is 0 Å². The summed E-state index contributed by atoms with van der Waals surface area (Å²) in [5, 5.41) is 0. The van der Waals surface area contributed by atoms with Crippen LogP contribution in [-0.4, -0.2) is 36.5 Å². The van der Waals surface area contributed by atoms with E-state index in [1.165, 1.54) is 5.56 Å². The third-order valence-corrected chi connectivity index (χ3v) is 9.32. The van der Waals surface area contributed by atoms with Crippen LogP contribution in [0.15, 0.2) is 103 Å². The Balaban J connectivity index is 1.49. The molecule has 0 radical (unpaired) electrons. The standard InChI is InChI=1S/C38H33NO4/c1-23(2)21-24-15-17-26(18-16-24)35(40)34-33(27-10-8-11-28(22-27)43-3)38(36(41)29-12-5-6-13-30(29)37(38)42)32-20-19-25-9-4-7-14-31(25)39(32)34/h4-20,22-23,32-34H,21H2,1-3H3/t32-,33+,34+/m1/s1. The van der Waals surface area contributed by atoms with Crippen molar-refractivity contribution in [2.75, 3.05) is 12.0 Å². The lowest BCUT2D eigenvalue weighted by molar-refractivity contribution is 0.0665. The number of methoxy groups -OCH3 is 1. The molecule has 1 saturated heterocycles. The third kappa shape index (κ3) is 3.94. The Bertz CT molecular complexity index is 1770. The molecule has 0 aromatic heterocycles. The van der Waals surface area contributed by atoms with Gasteiger partial charge in [0.05, 0.1) is 13.2 Å². The van der Waals surface area contributed by atoms with E-state index in [2.05, 4.69) is 13.8 Å². The molecule has 1 aliphatic carbocycles. The minimum atomic E-state index is -1.53. The van der Waals surface area contributed by atoms with Crippen molar-refractivity contribution >= 4 is 29.1 Å². The van der Waals surface area contributed by atoms with Crippen molar-refractivity contribution in [1.82, 2.24) is 0 Å². The number of Topliss-reactive ketones (excluding diaryl/α,β-unsaturated/α-hetero) is 3. The molecule has 2 aliphatic heterocycles. The summed E-state index contributed by atoms with van der Waals surface area (Å²) >= 11 is 0. The molecule has 1 fully saturated rings. The first-order valence-electron chi connectivity index (χ1n) is 14.9. The second-order valence-electron chi connectivity index (χ2n) is 12.2. The Labute approximate surface area is 251 Å². The maximum absolute atomic E-state index is 14.9. The molecule has 43 heavy (non-hydrogen) atoms. The lowest BCUT2D eigenvalue weighted by Crippen LogP contribution is -2.48. The molecule has 0 amide bonds. The summed E-state index contributed by atoms with van der Waals surface area (Å²) in [4.78, 5) is 46.5. The Morgan fingerprint density at radius 3 is 2.21 bits per heavy atom. The monoisotopic (exact) mass is 567 g/mol. The number of hydrogen-bond donors (Lipinski definition) is 0. The fourth-order valence-corrected chi connectivity index (χ4v) is 7.57. The highest BCUT2D eigenvalue weighted by Crippen LogP contribution is 2.61. The molecular weight excluding hydrogens is 534 g/mol. The van der Waals surface area contributed by atoms with Crippen LogP contribution < -0.4 is 9.64 Å². The second-order valence-corrected chi connectivity index (χ2v) is 12.2. The number of nitrogens with zero attached hydrogens (tertiary/aromatic N) is 1. The van der Waals surface area contributed by atoms with E-state index in [9.17, 15) is 14.4 Å². The molecule has 1 spiro atoms. The van der Waals surface area contributed by atoms with Gasteiger partial charge in [-0.25, -0.2) is 0 Å². The van der Waals surface area contributed by atoms with Gasteiger partial charge in [-0.05, 0) is 47.2 Å². The normalized spacial score (nSPS) is 21.2. The highest BCUT2D eigenvalue weighted by atomic mass is 16.5. The van der Waals surface area contributed by atoms with Gasteiger partial charge in [-0.2, -0.15) is 0 Å². The molecule has 3 atom stereocenters. The van der Waals surface area contributed by atoms with Gasteiger partial charge in [0.15, 0.2) is 17.3 Å². The minimum Gasteiger partial charge on any atom is -0.497 e. The second kappa shape index (κ2) is 10.2. The van der Waals surface area contributed by atoms with Crippen molar-refractivity contribution in [2.24, 2.45) is 11.3 Å².